The fourth-order valence-electron chi connectivity index (χ4n) is 2.86. The highest BCUT2D eigenvalue weighted by atomic mass is 35.5. The molecule has 1 aliphatic heterocycles. The van der Waals surface area contributed by atoms with Gasteiger partial charge in [0, 0.05) is 44.5 Å². The SMILES string of the molecule is Cc1cccc(F)c1CNC(=O)N1CCN(c2ccc(Cl)cn2)CC1. The zero-order chi connectivity index (χ0) is 17.8. The number of carbonyl (C=O) groups is 1. The van der Waals surface area contributed by atoms with E-state index in [1.807, 2.05) is 19.1 Å². The van der Waals surface area contributed by atoms with Crippen molar-refractivity contribution in [3.63, 3.8) is 0 Å². The normalized spacial score (nSPS) is 14.5. The van der Waals surface area contributed by atoms with E-state index in [9.17, 15) is 9.18 Å². The Hall–Kier alpha value is -2.34. The summed E-state index contributed by atoms with van der Waals surface area (Å²) in [6, 6.07) is 8.42. The number of halogens is 2. The number of nitrogens with one attached hydrogen (secondary N) is 1. The van der Waals surface area contributed by atoms with Gasteiger partial charge in [-0.2, -0.15) is 0 Å². The molecule has 1 aromatic heterocycles. The minimum Gasteiger partial charge on any atom is -0.353 e. The van der Waals surface area contributed by atoms with Crippen LogP contribution in [0.2, 0.25) is 5.02 Å². The zero-order valence-corrected chi connectivity index (χ0v) is 14.8. The Bertz CT molecular complexity index is 725. The van der Waals surface area contributed by atoms with Gasteiger partial charge in [-0.3, -0.25) is 0 Å². The van der Waals surface area contributed by atoms with Gasteiger partial charge in [0.2, 0.25) is 0 Å². The summed E-state index contributed by atoms with van der Waals surface area (Å²) < 4.78 is 13.8. The summed E-state index contributed by atoms with van der Waals surface area (Å²) in [5.74, 6) is 0.561. The maximum absolute atomic E-state index is 13.8. The summed E-state index contributed by atoms with van der Waals surface area (Å²) >= 11 is 5.85. The number of rotatable bonds is 3. The smallest absolute Gasteiger partial charge is 0.317 e. The summed E-state index contributed by atoms with van der Waals surface area (Å²) in [7, 11) is 0. The fraction of sp³-hybridized carbons (Fsp3) is 0.333. The van der Waals surface area contributed by atoms with Crippen LogP contribution in [0.4, 0.5) is 15.0 Å². The molecule has 7 heteroatoms. The lowest BCUT2D eigenvalue weighted by Gasteiger charge is -2.35. The van der Waals surface area contributed by atoms with Crippen molar-refractivity contribution in [1.29, 1.82) is 0 Å². The Morgan fingerprint density at radius 2 is 2.00 bits per heavy atom. The maximum atomic E-state index is 13.8. The van der Waals surface area contributed by atoms with Crippen LogP contribution in [0.15, 0.2) is 36.5 Å². The highest BCUT2D eigenvalue weighted by molar-refractivity contribution is 6.30. The predicted molar refractivity (Wildman–Crippen MR) is 96.4 cm³/mol. The zero-order valence-electron chi connectivity index (χ0n) is 14.0. The van der Waals surface area contributed by atoms with Crippen LogP contribution in [0.5, 0.6) is 0 Å². The van der Waals surface area contributed by atoms with E-state index in [2.05, 4.69) is 15.2 Å². The number of carbonyl (C=O) groups excluding carboxylic acids is 1. The Morgan fingerprint density at radius 3 is 2.64 bits per heavy atom. The lowest BCUT2D eigenvalue weighted by molar-refractivity contribution is 0.193. The molecule has 1 N–H and O–H groups in total. The number of amides is 2. The minimum atomic E-state index is -0.293. The van der Waals surface area contributed by atoms with Crippen LogP contribution in [-0.2, 0) is 6.54 Å². The predicted octanol–water partition coefficient (Wildman–Crippen LogP) is 3.21. The van der Waals surface area contributed by atoms with Crippen LogP contribution < -0.4 is 10.2 Å². The number of benzene rings is 1. The van der Waals surface area contributed by atoms with Gasteiger partial charge in [0.25, 0.3) is 0 Å². The van der Waals surface area contributed by atoms with E-state index in [0.717, 1.165) is 11.4 Å². The molecule has 0 radical (unpaired) electrons. The molecule has 1 aliphatic rings. The molecule has 25 heavy (non-hydrogen) atoms. The number of aryl methyl sites for hydroxylation is 1. The van der Waals surface area contributed by atoms with Crippen molar-refractivity contribution in [1.82, 2.24) is 15.2 Å². The molecule has 1 saturated heterocycles. The third-order valence-corrected chi connectivity index (χ3v) is 4.60. The van der Waals surface area contributed by atoms with Crippen LogP contribution in [0.25, 0.3) is 0 Å². The summed E-state index contributed by atoms with van der Waals surface area (Å²) in [6.45, 7) is 4.60. The molecule has 0 unspecified atom stereocenters. The molecule has 0 aliphatic carbocycles. The first kappa shape index (κ1) is 17.5. The van der Waals surface area contributed by atoms with Gasteiger partial charge in [-0.15, -0.1) is 0 Å². The molecule has 5 nitrogen and oxygen atoms in total. The fourth-order valence-corrected chi connectivity index (χ4v) is 2.97. The standard InChI is InChI=1S/C18H20ClFN4O/c1-13-3-2-4-16(20)15(13)12-22-18(25)24-9-7-23(8-10-24)17-6-5-14(19)11-21-17/h2-6,11H,7-10,12H2,1H3,(H,22,25). The quantitative estimate of drug-likeness (QED) is 0.912. The Labute approximate surface area is 151 Å². The Kier molecular flexibility index (Phi) is 5.38. The summed E-state index contributed by atoms with van der Waals surface area (Å²) in [5, 5.41) is 3.41. The van der Waals surface area contributed by atoms with Crippen molar-refractivity contribution in [3.8, 4) is 0 Å². The van der Waals surface area contributed by atoms with Gasteiger partial charge < -0.3 is 15.1 Å². The largest absolute Gasteiger partial charge is 0.353 e. The molecule has 3 rings (SSSR count). The molecule has 132 valence electrons. The van der Waals surface area contributed by atoms with Crippen LogP contribution in [0, 0.1) is 12.7 Å². The van der Waals surface area contributed by atoms with E-state index in [0.29, 0.717) is 36.8 Å². The molecule has 2 amide bonds. The van der Waals surface area contributed by atoms with Crippen LogP contribution in [-0.4, -0.2) is 42.1 Å². The second-order valence-corrected chi connectivity index (χ2v) is 6.44. The van der Waals surface area contributed by atoms with Gasteiger partial charge in [-0.1, -0.05) is 23.7 Å². The van der Waals surface area contributed by atoms with Crippen molar-refractivity contribution >= 4 is 23.4 Å². The topological polar surface area (TPSA) is 48.5 Å². The van der Waals surface area contributed by atoms with Gasteiger partial charge in [0.05, 0.1) is 5.02 Å². The summed E-state index contributed by atoms with van der Waals surface area (Å²) in [5.41, 5.74) is 1.36. The summed E-state index contributed by atoms with van der Waals surface area (Å²) in [6.07, 6.45) is 1.62. The molecule has 1 aromatic carbocycles. The number of piperazine rings is 1. The first-order valence-corrected chi connectivity index (χ1v) is 8.55. The third-order valence-electron chi connectivity index (χ3n) is 4.37. The van der Waals surface area contributed by atoms with Crippen LogP contribution in [0.3, 0.4) is 0 Å². The highest BCUT2D eigenvalue weighted by Crippen LogP contribution is 2.16. The molecule has 0 atom stereocenters. The first-order chi connectivity index (χ1) is 12.0. The third kappa shape index (κ3) is 4.20. The van der Waals surface area contributed by atoms with E-state index in [4.69, 9.17) is 11.6 Å². The number of anilines is 1. The van der Waals surface area contributed by atoms with E-state index in [-0.39, 0.29) is 18.4 Å². The van der Waals surface area contributed by atoms with Gasteiger partial charge in [-0.05, 0) is 30.7 Å². The van der Waals surface area contributed by atoms with E-state index < -0.39 is 0 Å². The molecule has 1 fully saturated rings. The average Bonchev–Trinajstić information content (AvgIpc) is 2.62. The molecular weight excluding hydrogens is 343 g/mol. The van der Waals surface area contributed by atoms with Gasteiger partial charge in [-0.25, -0.2) is 14.2 Å². The van der Waals surface area contributed by atoms with E-state index in [1.165, 1.54) is 6.07 Å². The first-order valence-electron chi connectivity index (χ1n) is 8.18. The molecular formula is C18H20ClFN4O. The van der Waals surface area contributed by atoms with Crippen molar-refractivity contribution in [2.45, 2.75) is 13.5 Å². The minimum absolute atomic E-state index is 0.175. The molecule has 2 heterocycles. The maximum Gasteiger partial charge on any atom is 0.317 e. The number of hydrogen-bond donors (Lipinski definition) is 1. The second-order valence-electron chi connectivity index (χ2n) is 6.00. The Balaban J connectivity index is 1.52. The van der Waals surface area contributed by atoms with Crippen molar-refractivity contribution in [2.75, 3.05) is 31.1 Å². The van der Waals surface area contributed by atoms with Gasteiger partial charge >= 0.3 is 6.03 Å². The van der Waals surface area contributed by atoms with Gasteiger partial charge in [0.15, 0.2) is 0 Å². The highest BCUT2D eigenvalue weighted by Gasteiger charge is 2.22. The Morgan fingerprint density at radius 1 is 1.24 bits per heavy atom. The van der Waals surface area contributed by atoms with Crippen molar-refractivity contribution in [2.24, 2.45) is 0 Å². The van der Waals surface area contributed by atoms with E-state index >= 15 is 0 Å². The number of aromatic nitrogens is 1. The second kappa shape index (κ2) is 7.70. The molecule has 0 spiro atoms. The van der Waals surface area contributed by atoms with Gasteiger partial charge in [0.1, 0.15) is 11.6 Å². The van der Waals surface area contributed by atoms with Crippen molar-refractivity contribution in [3.05, 3.63) is 58.5 Å². The van der Waals surface area contributed by atoms with E-state index in [1.54, 1.807) is 23.2 Å². The monoisotopic (exact) mass is 362 g/mol. The van der Waals surface area contributed by atoms with Crippen LogP contribution in [0.1, 0.15) is 11.1 Å². The number of hydrogen-bond acceptors (Lipinski definition) is 3. The number of pyridine rings is 1. The number of urea groups is 1. The van der Waals surface area contributed by atoms with Crippen molar-refractivity contribution < 1.29 is 9.18 Å². The lowest BCUT2D eigenvalue weighted by Crippen LogP contribution is -2.52. The molecule has 2 aromatic rings. The number of nitrogens with zero attached hydrogens (tertiary/aromatic N) is 3. The molecule has 0 saturated carbocycles. The lowest BCUT2D eigenvalue weighted by atomic mass is 10.1. The molecule has 0 bridgehead atoms. The summed E-state index contributed by atoms with van der Waals surface area (Å²) in [4.78, 5) is 20.5. The van der Waals surface area contributed by atoms with Crippen LogP contribution >= 0.6 is 11.6 Å². The average molecular weight is 363 g/mol.